The Balaban J connectivity index is 1.98. The number of sulfonamides is 1. The molecule has 0 bridgehead atoms. The Labute approximate surface area is 145 Å². The van der Waals surface area contributed by atoms with Crippen LogP contribution in [0.3, 0.4) is 0 Å². The monoisotopic (exact) mass is 362 g/mol. The normalized spacial score (nSPS) is 16.7. The Morgan fingerprint density at radius 3 is 2.72 bits per heavy atom. The van der Waals surface area contributed by atoms with Gasteiger partial charge < -0.3 is 14.7 Å². The van der Waals surface area contributed by atoms with E-state index in [1.54, 1.807) is 0 Å². The lowest BCUT2D eigenvalue weighted by atomic mass is 10.2. The van der Waals surface area contributed by atoms with Crippen LogP contribution in [0.5, 0.6) is 11.5 Å². The number of hydrogen-bond donors (Lipinski definition) is 2. The van der Waals surface area contributed by atoms with Gasteiger partial charge in [-0.1, -0.05) is 6.07 Å². The number of nitrogens with one attached hydrogen (secondary N) is 1. The van der Waals surface area contributed by atoms with Gasteiger partial charge in [0.05, 0.1) is 22.8 Å². The second kappa shape index (κ2) is 6.29. The van der Waals surface area contributed by atoms with E-state index in [0.717, 1.165) is 0 Å². The van der Waals surface area contributed by atoms with E-state index in [2.05, 4.69) is 4.72 Å². The van der Waals surface area contributed by atoms with Crippen LogP contribution in [0.4, 0.5) is 11.4 Å². The quantitative estimate of drug-likeness (QED) is 0.874. The fourth-order valence-electron chi connectivity index (χ4n) is 2.67. The number of rotatable bonds is 3. The fourth-order valence-corrected chi connectivity index (χ4v) is 3.74. The highest BCUT2D eigenvalue weighted by Gasteiger charge is 2.27. The number of ether oxygens (including phenoxy) is 1. The third-order valence-electron chi connectivity index (χ3n) is 3.78. The second-order valence-electron chi connectivity index (χ2n) is 5.84. The highest BCUT2D eigenvalue weighted by atomic mass is 32.2. The maximum absolute atomic E-state index is 12.6. The maximum atomic E-state index is 12.6. The van der Waals surface area contributed by atoms with Crippen molar-refractivity contribution in [3.05, 3.63) is 42.5 Å². The molecule has 132 valence electrons. The van der Waals surface area contributed by atoms with Crippen molar-refractivity contribution < 1.29 is 23.1 Å². The molecule has 0 aliphatic carbocycles. The first-order chi connectivity index (χ1) is 11.8. The zero-order chi connectivity index (χ0) is 18.2. The molecule has 1 aliphatic heterocycles. The fraction of sp³-hybridized carbons (Fsp3) is 0.235. The van der Waals surface area contributed by atoms with Crippen LogP contribution in [0, 0.1) is 0 Å². The molecule has 2 aromatic carbocycles. The number of phenolic OH excluding ortho intramolecular Hbond substituents is 1. The van der Waals surface area contributed by atoms with Gasteiger partial charge in [-0.2, -0.15) is 0 Å². The summed E-state index contributed by atoms with van der Waals surface area (Å²) in [5.74, 6) is 0.230. The molecule has 0 saturated carbocycles. The number of phenols is 1. The molecule has 1 atom stereocenters. The Hall–Kier alpha value is -2.74. The van der Waals surface area contributed by atoms with Gasteiger partial charge in [0.25, 0.3) is 10.0 Å². The minimum absolute atomic E-state index is 0.000930. The summed E-state index contributed by atoms with van der Waals surface area (Å²) in [6.45, 7) is 3.62. The molecule has 1 amide bonds. The molecule has 25 heavy (non-hydrogen) atoms. The average molecular weight is 362 g/mol. The molecule has 2 N–H and O–H groups in total. The van der Waals surface area contributed by atoms with Crippen LogP contribution in [-0.2, 0) is 14.8 Å². The molecule has 1 unspecified atom stereocenters. The topological polar surface area (TPSA) is 95.9 Å². The molecular weight excluding hydrogens is 344 g/mol. The number of anilines is 2. The molecule has 1 aliphatic rings. The summed E-state index contributed by atoms with van der Waals surface area (Å²) >= 11 is 0. The van der Waals surface area contributed by atoms with Crippen molar-refractivity contribution in [3.8, 4) is 11.5 Å². The SMILES string of the molecule is CC(=O)N1CC(C)Oc2ccc(S(=O)(=O)Nc3cccc(O)c3)cc21. The smallest absolute Gasteiger partial charge is 0.261 e. The van der Waals surface area contributed by atoms with E-state index in [1.165, 1.54) is 54.3 Å². The van der Waals surface area contributed by atoms with Crippen molar-refractivity contribution in [3.63, 3.8) is 0 Å². The van der Waals surface area contributed by atoms with Crippen LogP contribution in [0.15, 0.2) is 47.4 Å². The Morgan fingerprint density at radius 1 is 1.28 bits per heavy atom. The summed E-state index contributed by atoms with van der Waals surface area (Å²) in [7, 11) is -3.88. The van der Waals surface area contributed by atoms with E-state index < -0.39 is 10.0 Å². The number of aromatic hydroxyl groups is 1. The molecule has 0 radical (unpaired) electrons. The van der Waals surface area contributed by atoms with Crippen LogP contribution in [0.1, 0.15) is 13.8 Å². The van der Waals surface area contributed by atoms with Crippen LogP contribution in [0.25, 0.3) is 0 Å². The lowest BCUT2D eigenvalue weighted by molar-refractivity contribution is -0.117. The van der Waals surface area contributed by atoms with E-state index in [9.17, 15) is 18.3 Å². The molecular formula is C17H18N2O5S. The summed E-state index contributed by atoms with van der Waals surface area (Å²) < 4.78 is 33.3. The lowest BCUT2D eigenvalue weighted by Gasteiger charge is -2.33. The molecule has 0 spiro atoms. The van der Waals surface area contributed by atoms with E-state index >= 15 is 0 Å². The first kappa shape index (κ1) is 17.1. The Morgan fingerprint density at radius 2 is 2.04 bits per heavy atom. The number of amides is 1. The zero-order valence-electron chi connectivity index (χ0n) is 13.8. The van der Waals surface area contributed by atoms with Gasteiger partial charge in [-0.3, -0.25) is 9.52 Å². The standard InChI is InChI=1S/C17H18N2O5S/c1-11-10-19(12(2)20)16-9-15(6-7-17(16)24-11)25(22,23)18-13-4-3-5-14(21)8-13/h3-9,11,18,21H,10H2,1-2H3. The largest absolute Gasteiger partial charge is 0.508 e. The number of carbonyl (C=O) groups excluding carboxylic acids is 1. The molecule has 0 saturated heterocycles. The molecule has 1 heterocycles. The van der Waals surface area contributed by atoms with Crippen molar-refractivity contribution in [2.75, 3.05) is 16.2 Å². The van der Waals surface area contributed by atoms with Crippen molar-refractivity contribution in [2.45, 2.75) is 24.8 Å². The van der Waals surface area contributed by atoms with Crippen molar-refractivity contribution in [1.29, 1.82) is 0 Å². The highest BCUT2D eigenvalue weighted by Crippen LogP contribution is 2.36. The first-order valence-corrected chi connectivity index (χ1v) is 9.15. The van der Waals surface area contributed by atoms with E-state index in [4.69, 9.17) is 4.74 Å². The van der Waals surface area contributed by atoms with Gasteiger partial charge in [-0.15, -0.1) is 0 Å². The van der Waals surface area contributed by atoms with Crippen LogP contribution in [0.2, 0.25) is 0 Å². The van der Waals surface area contributed by atoms with Gasteiger partial charge >= 0.3 is 0 Å². The van der Waals surface area contributed by atoms with Crippen LogP contribution < -0.4 is 14.4 Å². The van der Waals surface area contributed by atoms with Gasteiger partial charge in [0.1, 0.15) is 17.6 Å². The van der Waals surface area contributed by atoms with Gasteiger partial charge in [0.15, 0.2) is 0 Å². The number of hydrogen-bond acceptors (Lipinski definition) is 5. The summed E-state index contributed by atoms with van der Waals surface area (Å²) in [5.41, 5.74) is 0.662. The molecule has 7 nitrogen and oxygen atoms in total. The molecule has 0 fully saturated rings. The molecule has 3 rings (SSSR count). The summed E-state index contributed by atoms with van der Waals surface area (Å²) in [5, 5.41) is 9.46. The summed E-state index contributed by atoms with van der Waals surface area (Å²) in [6.07, 6.45) is -0.177. The van der Waals surface area contributed by atoms with Gasteiger partial charge in [0.2, 0.25) is 5.91 Å². The van der Waals surface area contributed by atoms with Crippen LogP contribution >= 0.6 is 0 Å². The zero-order valence-corrected chi connectivity index (χ0v) is 14.6. The van der Waals surface area contributed by atoms with Crippen molar-refractivity contribution in [1.82, 2.24) is 0 Å². The summed E-state index contributed by atoms with van der Waals surface area (Å²) in [4.78, 5) is 13.4. The first-order valence-electron chi connectivity index (χ1n) is 7.67. The number of fused-ring (bicyclic) bond motifs is 1. The number of nitrogens with zero attached hydrogens (tertiary/aromatic N) is 1. The van der Waals surface area contributed by atoms with Crippen molar-refractivity contribution in [2.24, 2.45) is 0 Å². The Kier molecular flexibility index (Phi) is 4.30. The number of carbonyl (C=O) groups is 1. The van der Waals surface area contributed by atoms with E-state index in [1.807, 2.05) is 6.92 Å². The third kappa shape index (κ3) is 3.53. The molecule has 2 aromatic rings. The van der Waals surface area contributed by atoms with E-state index in [0.29, 0.717) is 18.0 Å². The van der Waals surface area contributed by atoms with E-state index in [-0.39, 0.29) is 28.3 Å². The molecule has 0 aromatic heterocycles. The highest BCUT2D eigenvalue weighted by molar-refractivity contribution is 7.92. The van der Waals surface area contributed by atoms with Crippen molar-refractivity contribution >= 4 is 27.3 Å². The minimum Gasteiger partial charge on any atom is -0.508 e. The average Bonchev–Trinajstić information content (AvgIpc) is 2.53. The summed E-state index contributed by atoms with van der Waals surface area (Å²) in [6, 6.07) is 10.2. The lowest BCUT2D eigenvalue weighted by Crippen LogP contribution is -2.41. The number of benzene rings is 2. The Bertz CT molecular complexity index is 926. The second-order valence-corrected chi connectivity index (χ2v) is 7.53. The van der Waals surface area contributed by atoms with Gasteiger partial charge in [-0.25, -0.2) is 8.42 Å². The third-order valence-corrected chi connectivity index (χ3v) is 5.16. The van der Waals surface area contributed by atoms with Gasteiger partial charge in [0, 0.05) is 13.0 Å². The van der Waals surface area contributed by atoms with Crippen LogP contribution in [-0.4, -0.2) is 32.1 Å². The maximum Gasteiger partial charge on any atom is 0.261 e. The predicted octanol–water partition coefficient (Wildman–Crippen LogP) is 2.33. The van der Waals surface area contributed by atoms with Gasteiger partial charge in [-0.05, 0) is 37.3 Å². The molecule has 8 heteroatoms. The minimum atomic E-state index is -3.88. The predicted molar refractivity (Wildman–Crippen MR) is 93.5 cm³/mol.